The first-order chi connectivity index (χ1) is 15.2. The number of nitrogens with one attached hydrogen (secondary N) is 1. The summed E-state index contributed by atoms with van der Waals surface area (Å²) in [6.07, 6.45) is 4.01. The highest BCUT2D eigenvalue weighted by molar-refractivity contribution is 5.92. The molecule has 1 N–H and O–H groups in total. The molecule has 7 nitrogen and oxygen atoms in total. The van der Waals surface area contributed by atoms with Crippen molar-refractivity contribution < 1.29 is 9.53 Å². The van der Waals surface area contributed by atoms with Crippen molar-refractivity contribution in [1.29, 1.82) is 0 Å². The van der Waals surface area contributed by atoms with E-state index in [9.17, 15) is 4.79 Å². The summed E-state index contributed by atoms with van der Waals surface area (Å²) in [5.41, 5.74) is 2.80. The van der Waals surface area contributed by atoms with Gasteiger partial charge in [-0.3, -0.25) is 9.69 Å². The van der Waals surface area contributed by atoms with Crippen LogP contribution in [0.3, 0.4) is 0 Å². The Labute approximate surface area is 182 Å². The van der Waals surface area contributed by atoms with Gasteiger partial charge in [-0.25, -0.2) is 4.68 Å². The number of carbonyl (C=O) groups excluding carboxylic acids is 1. The van der Waals surface area contributed by atoms with E-state index in [-0.39, 0.29) is 18.0 Å². The fraction of sp³-hybridized carbons (Fsp3) is 0.375. The van der Waals surface area contributed by atoms with Crippen LogP contribution < -0.4 is 10.1 Å². The summed E-state index contributed by atoms with van der Waals surface area (Å²) in [5.74, 6) is 0.733. The number of carbonyl (C=O) groups is 1. The molecule has 2 heterocycles. The summed E-state index contributed by atoms with van der Waals surface area (Å²) in [4.78, 5) is 14.7. The number of nitrogens with zero attached hydrogens (tertiary/aromatic N) is 4. The average molecular weight is 418 g/mol. The zero-order chi connectivity index (χ0) is 21.2. The molecular weight excluding hydrogens is 390 g/mol. The molecular formula is C24H27N5O2. The molecule has 1 saturated heterocycles. The highest BCUT2D eigenvalue weighted by Crippen LogP contribution is 2.33. The Morgan fingerprint density at radius 3 is 2.58 bits per heavy atom. The van der Waals surface area contributed by atoms with E-state index in [0.29, 0.717) is 18.3 Å². The molecule has 5 rings (SSSR count). The van der Waals surface area contributed by atoms with Crippen molar-refractivity contribution in [3.8, 4) is 5.75 Å². The number of benzene rings is 2. The maximum absolute atomic E-state index is 12.4. The first-order valence-electron chi connectivity index (χ1n) is 10.9. The van der Waals surface area contributed by atoms with Crippen LogP contribution in [0.25, 0.3) is 0 Å². The predicted molar refractivity (Wildman–Crippen MR) is 117 cm³/mol. The lowest BCUT2D eigenvalue weighted by molar-refractivity contribution is 0.0672. The lowest BCUT2D eigenvalue weighted by Crippen LogP contribution is -2.59. The quantitative estimate of drug-likeness (QED) is 0.608. The van der Waals surface area contributed by atoms with Crippen molar-refractivity contribution in [2.45, 2.75) is 44.5 Å². The maximum atomic E-state index is 12.4. The Morgan fingerprint density at radius 1 is 1.13 bits per heavy atom. The lowest BCUT2D eigenvalue weighted by Gasteiger charge is -2.43. The molecule has 1 aliphatic heterocycles. The Hall–Kier alpha value is -3.19. The van der Waals surface area contributed by atoms with E-state index in [1.54, 1.807) is 10.9 Å². The summed E-state index contributed by atoms with van der Waals surface area (Å²) >= 11 is 0. The van der Waals surface area contributed by atoms with Crippen molar-refractivity contribution >= 4 is 5.91 Å². The predicted octanol–water partition coefficient (Wildman–Crippen LogP) is 3.37. The molecule has 2 aliphatic rings. The van der Waals surface area contributed by atoms with Gasteiger partial charge >= 0.3 is 0 Å². The van der Waals surface area contributed by atoms with Gasteiger partial charge in [-0.15, -0.1) is 5.10 Å². The zero-order valence-corrected chi connectivity index (χ0v) is 17.6. The second kappa shape index (κ2) is 8.51. The molecule has 1 atom stereocenters. The van der Waals surface area contributed by atoms with Crippen LogP contribution in [0, 0.1) is 0 Å². The largest absolute Gasteiger partial charge is 0.489 e. The Morgan fingerprint density at radius 2 is 1.87 bits per heavy atom. The minimum Gasteiger partial charge on any atom is -0.489 e. The molecule has 1 aliphatic carbocycles. The maximum Gasteiger partial charge on any atom is 0.273 e. The summed E-state index contributed by atoms with van der Waals surface area (Å²) < 4.78 is 7.68. The fourth-order valence-corrected chi connectivity index (χ4v) is 3.87. The number of hydrogen-bond acceptors (Lipinski definition) is 5. The summed E-state index contributed by atoms with van der Waals surface area (Å²) in [6, 6.07) is 19.3. The summed E-state index contributed by atoms with van der Waals surface area (Å²) in [5, 5.41) is 11.1. The molecule has 1 unspecified atom stereocenters. The van der Waals surface area contributed by atoms with E-state index in [1.807, 2.05) is 30.3 Å². The highest BCUT2D eigenvalue weighted by Gasteiger charge is 2.33. The molecule has 3 aromatic rings. The van der Waals surface area contributed by atoms with Crippen LogP contribution >= 0.6 is 0 Å². The van der Waals surface area contributed by atoms with Crippen molar-refractivity contribution in [3.05, 3.63) is 77.6 Å². The van der Waals surface area contributed by atoms with Gasteiger partial charge in [-0.05, 0) is 43.0 Å². The van der Waals surface area contributed by atoms with E-state index < -0.39 is 0 Å². The molecule has 1 saturated carbocycles. The van der Waals surface area contributed by atoms with Crippen molar-refractivity contribution in [3.63, 3.8) is 0 Å². The van der Waals surface area contributed by atoms with Gasteiger partial charge in [0, 0.05) is 19.1 Å². The molecule has 1 aromatic heterocycles. The van der Waals surface area contributed by atoms with E-state index in [0.717, 1.165) is 37.2 Å². The first kappa shape index (κ1) is 19.8. The van der Waals surface area contributed by atoms with E-state index in [1.165, 1.54) is 5.56 Å². The number of aromatic nitrogens is 3. The molecule has 0 spiro atoms. The van der Waals surface area contributed by atoms with Gasteiger partial charge in [0.05, 0.1) is 18.3 Å². The Kier molecular flexibility index (Phi) is 5.42. The van der Waals surface area contributed by atoms with Crippen molar-refractivity contribution in [2.24, 2.45) is 0 Å². The van der Waals surface area contributed by atoms with E-state index >= 15 is 0 Å². The third-order valence-corrected chi connectivity index (χ3v) is 6.07. The zero-order valence-electron chi connectivity index (χ0n) is 17.6. The van der Waals surface area contributed by atoms with Crippen molar-refractivity contribution in [2.75, 3.05) is 13.1 Å². The number of amides is 1. The van der Waals surface area contributed by atoms with Crippen LogP contribution in [0.4, 0.5) is 0 Å². The van der Waals surface area contributed by atoms with Gasteiger partial charge in [-0.2, -0.15) is 0 Å². The highest BCUT2D eigenvalue weighted by atomic mass is 16.5. The second-order valence-electron chi connectivity index (χ2n) is 8.46. The van der Waals surface area contributed by atoms with Gasteiger partial charge in [0.1, 0.15) is 12.4 Å². The number of rotatable bonds is 8. The Balaban J connectivity index is 1.08. The van der Waals surface area contributed by atoms with Crippen LogP contribution in [0.5, 0.6) is 5.75 Å². The molecule has 0 radical (unpaired) electrons. The molecule has 7 heteroatoms. The van der Waals surface area contributed by atoms with Gasteiger partial charge in [-0.1, -0.05) is 47.7 Å². The van der Waals surface area contributed by atoms with Crippen LogP contribution in [0.15, 0.2) is 60.8 Å². The van der Waals surface area contributed by atoms with Gasteiger partial charge < -0.3 is 10.1 Å². The fourth-order valence-electron chi connectivity index (χ4n) is 3.87. The third-order valence-electron chi connectivity index (χ3n) is 6.07. The third kappa shape index (κ3) is 4.61. The van der Waals surface area contributed by atoms with Gasteiger partial charge in [0.2, 0.25) is 0 Å². The van der Waals surface area contributed by atoms with Crippen LogP contribution in [0.2, 0.25) is 0 Å². The molecule has 31 heavy (non-hydrogen) atoms. The van der Waals surface area contributed by atoms with Crippen LogP contribution in [-0.4, -0.2) is 44.9 Å². The minimum atomic E-state index is -0.135. The number of ether oxygens (including phenoxy) is 1. The van der Waals surface area contributed by atoms with E-state index in [2.05, 4.69) is 51.7 Å². The summed E-state index contributed by atoms with van der Waals surface area (Å²) in [6.45, 7) is 4.42. The van der Waals surface area contributed by atoms with E-state index in [4.69, 9.17) is 4.74 Å². The molecule has 2 fully saturated rings. The summed E-state index contributed by atoms with van der Waals surface area (Å²) in [7, 11) is 0. The topological polar surface area (TPSA) is 72.3 Å². The normalized spacial score (nSPS) is 17.7. The van der Waals surface area contributed by atoms with Gasteiger partial charge in [0.15, 0.2) is 5.69 Å². The Bertz CT molecular complexity index is 1020. The first-order valence-corrected chi connectivity index (χ1v) is 10.9. The smallest absolute Gasteiger partial charge is 0.273 e. The SMILES string of the molecule is CC(c1ccc(OCc2ccccc2)cc1)N1CC(NC(=O)c2cn(C3CC3)nn2)C1. The van der Waals surface area contributed by atoms with Gasteiger partial charge in [0.25, 0.3) is 5.91 Å². The molecule has 1 amide bonds. The number of hydrogen-bond donors (Lipinski definition) is 1. The molecule has 160 valence electrons. The number of likely N-dealkylation sites (tertiary alicyclic amines) is 1. The monoisotopic (exact) mass is 417 g/mol. The standard InChI is InChI=1S/C24H27N5O2/c1-17(19-7-11-22(12-8-19)31-16-18-5-3-2-4-6-18)28-13-20(14-28)25-24(30)23-15-29(27-26-23)21-9-10-21/h2-8,11-12,15,17,20-21H,9-10,13-14,16H2,1H3,(H,25,30). The van der Waals surface area contributed by atoms with Crippen molar-refractivity contribution in [1.82, 2.24) is 25.2 Å². The minimum absolute atomic E-state index is 0.135. The average Bonchev–Trinajstić information content (AvgIpc) is 3.51. The molecule has 0 bridgehead atoms. The lowest BCUT2D eigenvalue weighted by atomic mass is 10.0. The van der Waals surface area contributed by atoms with Crippen LogP contribution in [-0.2, 0) is 6.61 Å². The molecule has 2 aromatic carbocycles. The second-order valence-corrected chi connectivity index (χ2v) is 8.46. The van der Waals surface area contributed by atoms with Crippen LogP contribution in [0.1, 0.15) is 53.5 Å².